The third-order valence-electron chi connectivity index (χ3n) is 2.92. The smallest absolute Gasteiger partial charge is 0.238 e. The van der Waals surface area contributed by atoms with Crippen LogP contribution in [0, 0.1) is 0 Å². The lowest BCUT2D eigenvalue weighted by atomic mass is 10.1. The molecule has 0 radical (unpaired) electrons. The molecular formula is C14H21NO3S2. The molecule has 0 unspecified atom stereocenters. The number of thioether (sulfide) groups is 1. The summed E-state index contributed by atoms with van der Waals surface area (Å²) in [6.45, 7) is 1.59. The van der Waals surface area contributed by atoms with Crippen LogP contribution in [0.1, 0.15) is 38.2 Å². The third kappa shape index (κ3) is 7.07. The molecule has 0 bridgehead atoms. The molecule has 6 heteroatoms. The van der Waals surface area contributed by atoms with Crippen molar-refractivity contribution in [3.05, 3.63) is 29.8 Å². The number of sulfonamides is 1. The Labute approximate surface area is 125 Å². The van der Waals surface area contributed by atoms with Crippen molar-refractivity contribution in [1.82, 2.24) is 0 Å². The largest absolute Gasteiger partial charge is 0.288 e. The second-order valence-corrected chi connectivity index (χ2v) is 7.53. The van der Waals surface area contributed by atoms with Gasteiger partial charge in [-0.15, -0.1) is 0 Å². The number of carbonyl (C=O) groups excluding carboxylic acids is 1. The van der Waals surface area contributed by atoms with Crippen LogP contribution in [0.15, 0.2) is 29.2 Å². The molecule has 0 aliphatic heterocycles. The van der Waals surface area contributed by atoms with E-state index in [1.54, 1.807) is 19.1 Å². The molecule has 0 atom stereocenters. The Hall–Kier alpha value is -0.850. The first-order chi connectivity index (χ1) is 9.39. The van der Waals surface area contributed by atoms with Gasteiger partial charge in [0.05, 0.1) is 4.90 Å². The molecule has 1 aromatic rings. The van der Waals surface area contributed by atoms with Gasteiger partial charge < -0.3 is 0 Å². The second kappa shape index (κ2) is 8.44. The molecule has 1 aromatic carbocycles. The van der Waals surface area contributed by atoms with Gasteiger partial charge in [0.25, 0.3) is 0 Å². The minimum atomic E-state index is -3.59. The predicted molar refractivity (Wildman–Crippen MR) is 83.1 cm³/mol. The first kappa shape index (κ1) is 17.2. The average Bonchev–Trinajstić information content (AvgIpc) is 2.37. The zero-order chi connectivity index (χ0) is 15.0. The normalized spacial score (nSPS) is 11.5. The fourth-order valence-corrected chi connectivity index (χ4v) is 3.00. The third-order valence-corrected chi connectivity index (χ3v) is 4.75. The summed E-state index contributed by atoms with van der Waals surface area (Å²) in [6.07, 6.45) is 5.31. The number of carbonyl (C=O) groups is 1. The molecule has 0 heterocycles. The fraction of sp³-hybridized carbons (Fsp3) is 0.500. The van der Waals surface area contributed by atoms with Crippen LogP contribution in [-0.4, -0.2) is 19.3 Å². The molecule has 0 aliphatic carbocycles. The topological polar surface area (TPSA) is 77.2 Å². The van der Waals surface area contributed by atoms with E-state index in [1.807, 2.05) is 12.1 Å². The first-order valence-electron chi connectivity index (χ1n) is 6.65. The standard InChI is InChI=1S/C14H21NO3S2/c1-12(16)19-11-5-3-2-4-6-13-7-9-14(10-8-13)20(15,17)18/h7-10H,2-6,11H2,1H3,(H2,15,17,18). The number of hydrogen-bond donors (Lipinski definition) is 1. The number of aryl methyl sites for hydroxylation is 1. The highest BCUT2D eigenvalue weighted by Gasteiger charge is 2.06. The summed E-state index contributed by atoms with van der Waals surface area (Å²) in [5, 5.41) is 5.22. The van der Waals surface area contributed by atoms with Crippen LogP contribution in [0.5, 0.6) is 0 Å². The molecular weight excluding hydrogens is 294 g/mol. The predicted octanol–water partition coefficient (Wildman–Crippen LogP) is 2.72. The molecule has 0 saturated heterocycles. The van der Waals surface area contributed by atoms with Crippen LogP contribution < -0.4 is 5.14 Å². The van der Waals surface area contributed by atoms with Gasteiger partial charge in [-0.3, -0.25) is 4.79 Å². The minimum Gasteiger partial charge on any atom is -0.288 e. The monoisotopic (exact) mass is 315 g/mol. The van der Waals surface area contributed by atoms with Gasteiger partial charge in [-0.25, -0.2) is 13.6 Å². The van der Waals surface area contributed by atoms with Crippen molar-refractivity contribution in [3.8, 4) is 0 Å². The van der Waals surface area contributed by atoms with E-state index in [4.69, 9.17) is 5.14 Å². The maximum Gasteiger partial charge on any atom is 0.238 e. The Kier molecular flexibility index (Phi) is 7.26. The highest BCUT2D eigenvalue weighted by atomic mass is 32.2. The zero-order valence-electron chi connectivity index (χ0n) is 11.7. The van der Waals surface area contributed by atoms with Crippen molar-refractivity contribution in [1.29, 1.82) is 0 Å². The molecule has 0 aromatic heterocycles. The van der Waals surface area contributed by atoms with Gasteiger partial charge in [-0.2, -0.15) is 0 Å². The summed E-state index contributed by atoms with van der Waals surface area (Å²) in [5.41, 5.74) is 1.12. The van der Waals surface area contributed by atoms with Gasteiger partial charge in [0.1, 0.15) is 0 Å². The van der Waals surface area contributed by atoms with E-state index in [-0.39, 0.29) is 10.0 Å². The molecule has 1 rings (SSSR count). The van der Waals surface area contributed by atoms with Crippen LogP contribution >= 0.6 is 11.8 Å². The summed E-state index contributed by atoms with van der Waals surface area (Å²) in [4.78, 5) is 10.9. The summed E-state index contributed by atoms with van der Waals surface area (Å²) >= 11 is 1.38. The highest BCUT2D eigenvalue weighted by Crippen LogP contribution is 2.13. The quantitative estimate of drug-likeness (QED) is 0.748. The Balaban J connectivity index is 2.21. The average molecular weight is 315 g/mol. The lowest BCUT2D eigenvalue weighted by Crippen LogP contribution is -2.11. The minimum absolute atomic E-state index is 0.155. The van der Waals surface area contributed by atoms with Gasteiger partial charge in [0, 0.05) is 12.7 Å². The maximum absolute atomic E-state index is 11.1. The van der Waals surface area contributed by atoms with E-state index in [2.05, 4.69) is 0 Å². The van der Waals surface area contributed by atoms with Gasteiger partial charge in [0.2, 0.25) is 10.0 Å². The van der Waals surface area contributed by atoms with E-state index in [1.165, 1.54) is 11.8 Å². The number of benzene rings is 1. The Bertz CT molecular complexity index is 524. The lowest BCUT2D eigenvalue weighted by molar-refractivity contribution is -0.109. The molecule has 0 amide bonds. The van der Waals surface area contributed by atoms with Crippen LogP contribution in [0.2, 0.25) is 0 Å². The number of nitrogens with two attached hydrogens (primary N) is 1. The summed E-state index contributed by atoms with van der Waals surface area (Å²) in [6, 6.07) is 6.72. The molecule has 0 fully saturated rings. The van der Waals surface area contributed by atoms with Crippen molar-refractivity contribution in [2.24, 2.45) is 5.14 Å². The highest BCUT2D eigenvalue weighted by molar-refractivity contribution is 8.13. The van der Waals surface area contributed by atoms with E-state index in [0.717, 1.165) is 43.4 Å². The molecule has 0 saturated carbocycles. The molecule has 0 spiro atoms. The molecule has 2 N–H and O–H groups in total. The first-order valence-corrected chi connectivity index (χ1v) is 9.18. The van der Waals surface area contributed by atoms with Crippen LogP contribution in [-0.2, 0) is 21.2 Å². The molecule has 0 aliphatic rings. The molecule has 20 heavy (non-hydrogen) atoms. The van der Waals surface area contributed by atoms with Crippen molar-refractivity contribution < 1.29 is 13.2 Å². The summed E-state index contributed by atoms with van der Waals surface area (Å²) < 4.78 is 22.2. The fourth-order valence-electron chi connectivity index (χ4n) is 1.85. The summed E-state index contributed by atoms with van der Waals surface area (Å²) in [7, 11) is -3.59. The van der Waals surface area contributed by atoms with E-state index in [9.17, 15) is 13.2 Å². The summed E-state index contributed by atoms with van der Waals surface area (Å²) in [5.74, 6) is 0.901. The van der Waals surface area contributed by atoms with Gasteiger partial charge >= 0.3 is 0 Å². The van der Waals surface area contributed by atoms with Gasteiger partial charge in [-0.05, 0) is 37.0 Å². The number of primary sulfonamides is 1. The number of hydrogen-bond acceptors (Lipinski definition) is 4. The molecule has 4 nitrogen and oxygen atoms in total. The SMILES string of the molecule is CC(=O)SCCCCCCc1ccc(S(N)(=O)=O)cc1. The number of rotatable bonds is 8. The Morgan fingerprint density at radius 3 is 2.25 bits per heavy atom. The molecule has 112 valence electrons. The Morgan fingerprint density at radius 2 is 1.70 bits per heavy atom. The van der Waals surface area contributed by atoms with Crippen molar-refractivity contribution in [2.45, 2.75) is 43.9 Å². The van der Waals surface area contributed by atoms with Crippen molar-refractivity contribution >= 4 is 26.9 Å². The van der Waals surface area contributed by atoms with Crippen LogP contribution in [0.4, 0.5) is 0 Å². The Morgan fingerprint density at radius 1 is 1.10 bits per heavy atom. The second-order valence-electron chi connectivity index (χ2n) is 4.69. The van der Waals surface area contributed by atoms with E-state index >= 15 is 0 Å². The lowest BCUT2D eigenvalue weighted by Gasteiger charge is -2.03. The number of unbranched alkanes of at least 4 members (excludes halogenated alkanes) is 3. The van der Waals surface area contributed by atoms with Crippen molar-refractivity contribution in [2.75, 3.05) is 5.75 Å². The van der Waals surface area contributed by atoms with E-state index < -0.39 is 10.0 Å². The van der Waals surface area contributed by atoms with Gasteiger partial charge in [0.15, 0.2) is 5.12 Å². The maximum atomic E-state index is 11.1. The van der Waals surface area contributed by atoms with Gasteiger partial charge in [-0.1, -0.05) is 36.7 Å². The van der Waals surface area contributed by atoms with Crippen molar-refractivity contribution in [3.63, 3.8) is 0 Å². The zero-order valence-corrected chi connectivity index (χ0v) is 13.3. The van der Waals surface area contributed by atoms with Crippen LogP contribution in [0.3, 0.4) is 0 Å². The van der Waals surface area contributed by atoms with E-state index in [0.29, 0.717) is 0 Å². The van der Waals surface area contributed by atoms with Crippen LogP contribution in [0.25, 0.3) is 0 Å².